The third-order valence-electron chi connectivity index (χ3n) is 2.12. The molecule has 0 aromatic carbocycles. The summed E-state index contributed by atoms with van der Waals surface area (Å²) in [6.45, 7) is 0. The Hall–Kier alpha value is -1.33. The summed E-state index contributed by atoms with van der Waals surface area (Å²) < 4.78 is 41.4. The second-order valence-corrected chi connectivity index (χ2v) is 3.10. The first-order chi connectivity index (χ1) is 6.50. The van der Waals surface area contributed by atoms with Gasteiger partial charge in [-0.1, -0.05) is 5.16 Å². The molecule has 1 aromatic heterocycles. The highest BCUT2D eigenvalue weighted by Gasteiger charge is 2.42. The van der Waals surface area contributed by atoms with E-state index in [1.54, 1.807) is 0 Å². The summed E-state index contributed by atoms with van der Waals surface area (Å²) in [6.07, 6.45) is -3.59. The van der Waals surface area contributed by atoms with E-state index in [0.29, 0.717) is 12.8 Å². The smallest absolute Gasteiger partial charge is 0.360 e. The molecule has 1 heterocycles. The lowest BCUT2D eigenvalue weighted by Gasteiger charge is -2.09. The van der Waals surface area contributed by atoms with E-state index in [1.807, 2.05) is 0 Å². The number of rotatable bonds is 0. The maximum absolute atomic E-state index is 12.3. The average Bonchev–Trinajstić information content (AvgIpc) is 2.47. The van der Waals surface area contributed by atoms with Crippen LogP contribution in [0.1, 0.15) is 34.7 Å². The zero-order valence-electron chi connectivity index (χ0n) is 7.02. The van der Waals surface area contributed by atoms with Gasteiger partial charge < -0.3 is 4.52 Å². The van der Waals surface area contributed by atoms with E-state index in [1.165, 1.54) is 0 Å². The number of aromatic nitrogens is 1. The topological polar surface area (TPSA) is 43.1 Å². The molecule has 1 aliphatic rings. The van der Waals surface area contributed by atoms with Gasteiger partial charge in [0.25, 0.3) is 0 Å². The fraction of sp³-hybridized carbons (Fsp3) is 0.500. The van der Waals surface area contributed by atoms with Crippen LogP contribution in [0, 0.1) is 0 Å². The molecule has 0 saturated heterocycles. The van der Waals surface area contributed by atoms with Crippen LogP contribution in [0.15, 0.2) is 4.52 Å². The molecule has 1 aromatic rings. The van der Waals surface area contributed by atoms with Crippen molar-refractivity contribution in [1.29, 1.82) is 0 Å². The molecule has 76 valence electrons. The number of aryl methyl sites for hydroxylation is 1. The standard InChI is InChI=1S/C8H6F3NO2/c9-8(10,11)7-6-4(13)2-1-3-5(6)14-12-7/h1-3H2. The highest BCUT2D eigenvalue weighted by Crippen LogP contribution is 2.35. The van der Waals surface area contributed by atoms with Gasteiger partial charge in [-0.3, -0.25) is 4.79 Å². The summed E-state index contributed by atoms with van der Waals surface area (Å²) in [5.74, 6) is -0.464. The molecule has 3 nitrogen and oxygen atoms in total. The van der Waals surface area contributed by atoms with Crippen molar-refractivity contribution in [3.8, 4) is 0 Å². The van der Waals surface area contributed by atoms with E-state index in [4.69, 9.17) is 0 Å². The van der Waals surface area contributed by atoms with Crippen LogP contribution in [0.2, 0.25) is 0 Å². The SMILES string of the molecule is O=C1CCCc2onc(C(F)(F)F)c21. The van der Waals surface area contributed by atoms with Crippen LogP contribution in [-0.2, 0) is 12.6 Å². The number of hydrogen-bond acceptors (Lipinski definition) is 3. The van der Waals surface area contributed by atoms with Crippen molar-refractivity contribution in [2.75, 3.05) is 0 Å². The van der Waals surface area contributed by atoms with E-state index in [2.05, 4.69) is 9.68 Å². The van der Waals surface area contributed by atoms with Gasteiger partial charge in [0.1, 0.15) is 5.76 Å². The Kier molecular flexibility index (Phi) is 1.87. The third-order valence-corrected chi connectivity index (χ3v) is 2.12. The van der Waals surface area contributed by atoms with Gasteiger partial charge >= 0.3 is 6.18 Å². The maximum Gasteiger partial charge on any atom is 0.437 e. The van der Waals surface area contributed by atoms with Gasteiger partial charge in [0.05, 0.1) is 5.56 Å². The number of nitrogens with zero attached hydrogens (tertiary/aromatic N) is 1. The van der Waals surface area contributed by atoms with Gasteiger partial charge in [0, 0.05) is 12.8 Å². The molecule has 0 spiro atoms. The van der Waals surface area contributed by atoms with E-state index < -0.39 is 17.7 Å². The molecular formula is C8H6F3NO2. The number of alkyl halides is 3. The highest BCUT2D eigenvalue weighted by atomic mass is 19.4. The summed E-state index contributed by atoms with van der Waals surface area (Å²) >= 11 is 0. The van der Waals surface area contributed by atoms with Crippen LogP contribution in [0.5, 0.6) is 0 Å². The molecule has 1 aliphatic carbocycles. The molecule has 0 N–H and O–H groups in total. The van der Waals surface area contributed by atoms with Crippen LogP contribution in [0.25, 0.3) is 0 Å². The van der Waals surface area contributed by atoms with Gasteiger partial charge in [-0.25, -0.2) is 0 Å². The van der Waals surface area contributed by atoms with E-state index in [0.717, 1.165) is 0 Å². The van der Waals surface area contributed by atoms with E-state index in [-0.39, 0.29) is 17.7 Å². The number of fused-ring (bicyclic) bond motifs is 1. The Morgan fingerprint density at radius 2 is 2.00 bits per heavy atom. The van der Waals surface area contributed by atoms with Crippen LogP contribution in [0.4, 0.5) is 13.2 Å². The number of hydrogen-bond donors (Lipinski definition) is 0. The lowest BCUT2D eigenvalue weighted by atomic mass is 9.95. The molecule has 6 heteroatoms. The lowest BCUT2D eigenvalue weighted by Crippen LogP contribution is -2.16. The monoisotopic (exact) mass is 205 g/mol. The van der Waals surface area contributed by atoms with Crippen molar-refractivity contribution >= 4 is 5.78 Å². The van der Waals surface area contributed by atoms with Crippen LogP contribution < -0.4 is 0 Å². The fourth-order valence-corrected chi connectivity index (χ4v) is 1.51. The minimum atomic E-state index is -4.61. The largest absolute Gasteiger partial charge is 0.437 e. The van der Waals surface area contributed by atoms with Gasteiger partial charge in [0.2, 0.25) is 0 Å². The molecule has 14 heavy (non-hydrogen) atoms. The minimum absolute atomic E-state index is 0.0635. The normalized spacial score (nSPS) is 16.9. The molecule has 0 radical (unpaired) electrons. The first kappa shape index (κ1) is 9.23. The van der Waals surface area contributed by atoms with Gasteiger partial charge in [-0.2, -0.15) is 13.2 Å². The first-order valence-electron chi connectivity index (χ1n) is 4.09. The molecular weight excluding hydrogens is 199 g/mol. The Morgan fingerprint density at radius 1 is 1.29 bits per heavy atom. The summed E-state index contributed by atoms with van der Waals surface area (Å²) in [7, 11) is 0. The zero-order valence-corrected chi connectivity index (χ0v) is 7.02. The fourth-order valence-electron chi connectivity index (χ4n) is 1.51. The van der Waals surface area contributed by atoms with Crippen molar-refractivity contribution in [3.05, 3.63) is 17.0 Å². The number of carbonyl (C=O) groups excluding carboxylic acids is 1. The highest BCUT2D eigenvalue weighted by molar-refractivity contribution is 5.99. The summed E-state index contributed by atoms with van der Waals surface area (Å²) in [5, 5.41) is 2.90. The molecule has 0 unspecified atom stereocenters. The molecule has 0 amide bonds. The second-order valence-electron chi connectivity index (χ2n) is 3.10. The number of carbonyl (C=O) groups is 1. The third kappa shape index (κ3) is 1.30. The summed E-state index contributed by atoms with van der Waals surface area (Å²) in [4.78, 5) is 11.2. The zero-order chi connectivity index (χ0) is 10.3. The van der Waals surface area contributed by atoms with Crippen molar-refractivity contribution in [1.82, 2.24) is 5.16 Å². The molecule has 0 bridgehead atoms. The molecule has 2 rings (SSSR count). The number of ketones is 1. The van der Waals surface area contributed by atoms with Crippen LogP contribution in [-0.4, -0.2) is 10.9 Å². The molecule has 0 aliphatic heterocycles. The Bertz CT molecular complexity index is 380. The van der Waals surface area contributed by atoms with Crippen molar-refractivity contribution in [3.63, 3.8) is 0 Å². The van der Waals surface area contributed by atoms with Crippen molar-refractivity contribution < 1.29 is 22.5 Å². The van der Waals surface area contributed by atoms with Gasteiger partial charge in [0.15, 0.2) is 11.5 Å². The van der Waals surface area contributed by atoms with E-state index in [9.17, 15) is 18.0 Å². The Balaban J connectivity index is 2.54. The van der Waals surface area contributed by atoms with E-state index >= 15 is 0 Å². The molecule has 0 atom stereocenters. The number of Topliss-reactive ketones (excluding diaryl/α,β-unsaturated/α-hetero) is 1. The quantitative estimate of drug-likeness (QED) is 0.652. The Morgan fingerprint density at radius 3 is 2.64 bits per heavy atom. The first-order valence-corrected chi connectivity index (χ1v) is 4.09. The van der Waals surface area contributed by atoms with Gasteiger partial charge in [-0.15, -0.1) is 0 Å². The average molecular weight is 205 g/mol. The minimum Gasteiger partial charge on any atom is -0.360 e. The summed E-state index contributed by atoms with van der Waals surface area (Å²) in [5.41, 5.74) is -1.55. The predicted molar refractivity (Wildman–Crippen MR) is 38.8 cm³/mol. The Labute approximate surface area is 76.9 Å². The summed E-state index contributed by atoms with van der Waals surface area (Å²) in [6, 6.07) is 0. The second kappa shape index (κ2) is 2.83. The lowest BCUT2D eigenvalue weighted by molar-refractivity contribution is -0.143. The van der Waals surface area contributed by atoms with Crippen LogP contribution >= 0.6 is 0 Å². The van der Waals surface area contributed by atoms with Crippen molar-refractivity contribution in [2.45, 2.75) is 25.4 Å². The molecule has 0 fully saturated rings. The number of halogens is 3. The van der Waals surface area contributed by atoms with Crippen molar-refractivity contribution in [2.24, 2.45) is 0 Å². The maximum atomic E-state index is 12.3. The van der Waals surface area contributed by atoms with Crippen LogP contribution in [0.3, 0.4) is 0 Å². The molecule has 0 saturated carbocycles. The predicted octanol–water partition coefficient (Wildman–Crippen LogP) is 2.21. The van der Waals surface area contributed by atoms with Gasteiger partial charge in [-0.05, 0) is 6.42 Å².